The molecule has 2 saturated heterocycles. The van der Waals surface area contributed by atoms with Crippen LogP contribution in [0.3, 0.4) is 0 Å². The van der Waals surface area contributed by atoms with Crippen molar-refractivity contribution in [2.24, 2.45) is 44.8 Å². The van der Waals surface area contributed by atoms with Gasteiger partial charge in [-0.3, -0.25) is 9.59 Å². The third-order valence-electron chi connectivity index (χ3n) is 14.1. The SMILES string of the molecule is CC1(C)CC[C@]2(O[C@H]3CO[C@H]4[C@@H]3OC[C@H]4O)CC[C@]3(C)[C@H](C(=O)C=C4[C@@]5(C)C=C(C#N)C(=O)C(C)(C)[C@@H]5CC[C@]43C)[C@@H]2C1. The fourth-order valence-electron chi connectivity index (χ4n) is 11.6. The van der Waals surface area contributed by atoms with Gasteiger partial charge in [0.15, 0.2) is 11.6 Å². The highest BCUT2D eigenvalue weighted by molar-refractivity contribution is 6.04. The normalized spacial score (nSPS) is 51.2. The lowest BCUT2D eigenvalue weighted by Gasteiger charge is -2.69. The average Bonchev–Trinajstić information content (AvgIpc) is 3.51. The topological polar surface area (TPSA) is 106 Å². The Labute approximate surface area is 256 Å². The van der Waals surface area contributed by atoms with Gasteiger partial charge in [0.25, 0.3) is 0 Å². The Morgan fingerprint density at radius 1 is 0.953 bits per heavy atom. The molecule has 0 aromatic rings. The van der Waals surface area contributed by atoms with E-state index in [1.54, 1.807) is 0 Å². The van der Waals surface area contributed by atoms with Crippen LogP contribution >= 0.6 is 0 Å². The number of nitriles is 1. The number of ketones is 2. The van der Waals surface area contributed by atoms with Crippen LogP contribution in [-0.2, 0) is 23.8 Å². The van der Waals surface area contributed by atoms with Gasteiger partial charge in [-0.2, -0.15) is 5.26 Å². The van der Waals surface area contributed by atoms with Gasteiger partial charge in [-0.25, -0.2) is 0 Å². The van der Waals surface area contributed by atoms with Gasteiger partial charge in [0.05, 0.1) is 24.4 Å². The first kappa shape index (κ1) is 29.8. The molecule has 0 unspecified atom stereocenters. The van der Waals surface area contributed by atoms with Crippen molar-refractivity contribution in [2.75, 3.05) is 13.2 Å². The number of hydrogen-bond donors (Lipinski definition) is 1. The summed E-state index contributed by atoms with van der Waals surface area (Å²) in [6, 6.07) is 2.20. The van der Waals surface area contributed by atoms with E-state index in [0.717, 1.165) is 50.5 Å². The third-order valence-corrected chi connectivity index (χ3v) is 14.1. The second kappa shape index (κ2) is 9.12. The molecule has 5 aliphatic carbocycles. The van der Waals surface area contributed by atoms with Crippen molar-refractivity contribution >= 4 is 11.6 Å². The summed E-state index contributed by atoms with van der Waals surface area (Å²) < 4.78 is 19.1. The molecule has 5 fully saturated rings. The van der Waals surface area contributed by atoms with Crippen LogP contribution in [-0.4, -0.2) is 59.9 Å². The molecule has 3 saturated carbocycles. The fraction of sp³-hybridized carbons (Fsp3) is 0.806. The highest BCUT2D eigenvalue weighted by Crippen LogP contribution is 2.73. The van der Waals surface area contributed by atoms with Gasteiger partial charge in [-0.1, -0.05) is 60.1 Å². The number of rotatable bonds is 2. The Morgan fingerprint density at radius 2 is 1.65 bits per heavy atom. The molecule has 43 heavy (non-hydrogen) atoms. The van der Waals surface area contributed by atoms with E-state index in [4.69, 9.17) is 14.2 Å². The molecular formula is C36H49NO6. The van der Waals surface area contributed by atoms with Crippen LogP contribution in [0.1, 0.15) is 93.4 Å². The molecule has 2 aliphatic heterocycles. The summed E-state index contributed by atoms with van der Waals surface area (Å²) in [4.78, 5) is 28.1. The number of allylic oxidation sites excluding steroid dienone is 4. The second-order valence-corrected chi connectivity index (χ2v) is 17.1. The minimum absolute atomic E-state index is 0.0357. The standard InChI is InChI=1S/C36H49NO6/c1-31(2)10-12-36(43-24-19-42-28-23(39)18-41-29(24)28)13-11-35(7)27(21(36)16-31)22(38)14-26-33(5)15-20(17-37)30(40)32(3,4)25(33)8-9-34(26,35)6/h14-15,21,23-25,27-29,39H,8-13,16,18-19H2,1-7H3/t21-,23+,24-,25-,27-,28+,29+,33-,34+,35+,36-/m0/s1. The van der Waals surface area contributed by atoms with E-state index in [2.05, 4.69) is 40.7 Å². The molecule has 7 heteroatoms. The predicted molar refractivity (Wildman–Crippen MR) is 160 cm³/mol. The van der Waals surface area contributed by atoms with E-state index in [1.165, 1.54) is 0 Å². The van der Waals surface area contributed by atoms with Crippen LogP contribution in [0, 0.1) is 56.2 Å². The fourth-order valence-corrected chi connectivity index (χ4v) is 11.6. The Hall–Kier alpha value is -1.85. The van der Waals surface area contributed by atoms with Crippen LogP contribution in [0.2, 0.25) is 0 Å². The zero-order valence-electron chi connectivity index (χ0n) is 27.0. The molecule has 0 aromatic heterocycles. The average molecular weight is 592 g/mol. The van der Waals surface area contributed by atoms with Gasteiger partial charge in [0, 0.05) is 16.7 Å². The number of carbonyl (C=O) groups excluding carboxylic acids is 2. The lowest BCUT2D eigenvalue weighted by molar-refractivity contribution is -0.237. The molecule has 11 atom stereocenters. The molecule has 7 nitrogen and oxygen atoms in total. The number of carbonyl (C=O) groups is 2. The molecule has 0 radical (unpaired) electrons. The molecule has 7 aliphatic rings. The van der Waals surface area contributed by atoms with E-state index in [1.807, 2.05) is 26.0 Å². The summed E-state index contributed by atoms with van der Waals surface area (Å²) in [6.07, 6.45) is 8.79. The van der Waals surface area contributed by atoms with E-state index in [9.17, 15) is 20.0 Å². The van der Waals surface area contributed by atoms with Crippen molar-refractivity contribution in [1.29, 1.82) is 5.26 Å². The van der Waals surface area contributed by atoms with Gasteiger partial charge in [0.2, 0.25) is 0 Å². The summed E-state index contributed by atoms with van der Waals surface area (Å²) >= 11 is 0. The minimum atomic E-state index is -0.669. The first-order valence-corrected chi connectivity index (χ1v) is 16.6. The van der Waals surface area contributed by atoms with Crippen LogP contribution < -0.4 is 0 Å². The highest BCUT2D eigenvalue weighted by atomic mass is 16.6. The Balaban J connectivity index is 1.31. The number of nitrogens with zero attached hydrogens (tertiary/aromatic N) is 1. The Morgan fingerprint density at radius 3 is 2.37 bits per heavy atom. The molecule has 0 bridgehead atoms. The number of aliphatic hydroxyl groups excluding tert-OH is 1. The number of aliphatic hydroxyl groups is 1. The number of fused-ring (bicyclic) bond motifs is 8. The zero-order valence-corrected chi connectivity index (χ0v) is 27.0. The summed E-state index contributed by atoms with van der Waals surface area (Å²) in [5.41, 5.74) is -0.730. The molecule has 2 heterocycles. The first-order chi connectivity index (χ1) is 20.0. The van der Waals surface area contributed by atoms with Crippen molar-refractivity contribution in [1.82, 2.24) is 0 Å². The third kappa shape index (κ3) is 3.79. The van der Waals surface area contributed by atoms with Gasteiger partial charge < -0.3 is 19.3 Å². The smallest absolute Gasteiger partial charge is 0.178 e. The van der Waals surface area contributed by atoms with Gasteiger partial charge in [0.1, 0.15) is 30.5 Å². The monoisotopic (exact) mass is 591 g/mol. The van der Waals surface area contributed by atoms with E-state index < -0.39 is 22.5 Å². The van der Waals surface area contributed by atoms with Crippen molar-refractivity contribution in [3.05, 3.63) is 23.3 Å². The second-order valence-electron chi connectivity index (χ2n) is 17.1. The lowest BCUT2D eigenvalue weighted by atomic mass is 9.35. The largest absolute Gasteiger partial charge is 0.388 e. The van der Waals surface area contributed by atoms with Crippen LogP contribution in [0.25, 0.3) is 0 Å². The minimum Gasteiger partial charge on any atom is -0.388 e. The van der Waals surface area contributed by atoms with E-state index in [-0.39, 0.29) is 76.1 Å². The number of hydrogen-bond acceptors (Lipinski definition) is 7. The maximum absolute atomic E-state index is 14.7. The van der Waals surface area contributed by atoms with Gasteiger partial charge in [-0.05, 0) is 79.1 Å². The first-order valence-electron chi connectivity index (χ1n) is 16.6. The van der Waals surface area contributed by atoms with Crippen LogP contribution in [0.15, 0.2) is 23.3 Å². The van der Waals surface area contributed by atoms with Crippen LogP contribution in [0.5, 0.6) is 0 Å². The number of Topliss-reactive ketones (excluding diaryl/α,β-unsaturated/α-hetero) is 1. The van der Waals surface area contributed by atoms with Crippen molar-refractivity contribution < 1.29 is 28.9 Å². The molecule has 0 spiro atoms. The molecule has 234 valence electrons. The van der Waals surface area contributed by atoms with E-state index in [0.29, 0.717) is 6.61 Å². The Bertz CT molecular complexity index is 1370. The lowest BCUT2D eigenvalue weighted by Crippen LogP contribution is -2.67. The molecule has 7 rings (SSSR count). The molecule has 0 amide bonds. The number of ether oxygens (including phenoxy) is 3. The summed E-state index contributed by atoms with van der Waals surface area (Å²) in [5.74, 6) is 0.0209. The molecule has 1 N–H and O–H groups in total. The van der Waals surface area contributed by atoms with Crippen LogP contribution in [0.4, 0.5) is 0 Å². The molecule has 0 aromatic carbocycles. The quantitative estimate of drug-likeness (QED) is 0.452. The predicted octanol–water partition coefficient (Wildman–Crippen LogP) is 5.50. The highest BCUT2D eigenvalue weighted by Gasteiger charge is 2.70. The maximum atomic E-state index is 14.7. The summed E-state index contributed by atoms with van der Waals surface area (Å²) in [6.45, 7) is 16.2. The molecular weight excluding hydrogens is 542 g/mol. The summed E-state index contributed by atoms with van der Waals surface area (Å²) in [5, 5.41) is 20.3. The van der Waals surface area contributed by atoms with Crippen molar-refractivity contribution in [2.45, 2.75) is 123 Å². The van der Waals surface area contributed by atoms with Crippen molar-refractivity contribution in [3.63, 3.8) is 0 Å². The Kier molecular flexibility index (Phi) is 6.33. The van der Waals surface area contributed by atoms with E-state index >= 15 is 0 Å². The van der Waals surface area contributed by atoms with Crippen molar-refractivity contribution in [3.8, 4) is 6.07 Å². The maximum Gasteiger partial charge on any atom is 0.178 e. The summed E-state index contributed by atoms with van der Waals surface area (Å²) in [7, 11) is 0. The zero-order chi connectivity index (χ0) is 31.0. The van der Waals surface area contributed by atoms with Gasteiger partial charge >= 0.3 is 0 Å². The van der Waals surface area contributed by atoms with Gasteiger partial charge in [-0.15, -0.1) is 0 Å².